The molecule has 1 N–H and O–H groups in total. The number of piperazine rings is 1. The number of benzene rings is 1. The minimum atomic E-state index is -0.637. The molecule has 2 aliphatic heterocycles. The summed E-state index contributed by atoms with van der Waals surface area (Å²) in [5, 5.41) is 7.39. The number of nitrogens with zero attached hydrogens (tertiary/aromatic N) is 5. The Balaban J connectivity index is 1.39. The number of carbonyl (C=O) groups excluding carboxylic acids is 1. The molecule has 4 heterocycles. The van der Waals surface area contributed by atoms with E-state index in [1.54, 1.807) is 19.4 Å². The molecular weight excluding hydrogens is 483 g/mol. The number of nitrogens with one attached hydrogen (secondary N) is 1. The van der Waals surface area contributed by atoms with Gasteiger partial charge in [0, 0.05) is 75.9 Å². The standard InChI is InChI=1S/C29H39FN6O2/c1-5-31-28(37)34-15-13-33(14-16-34)26-9-11-32-36-19-23(18-27(26)36)22-7-8-24(25(30)17-22)29(38-4)10-6-12-35(20-29)21(2)3/h7-9,11,17-19,21H,5-6,10,12-16,20H2,1-4H3,(H,31,37)/t29-/m0/s1. The van der Waals surface area contributed by atoms with Crippen LogP contribution in [0.5, 0.6) is 0 Å². The maximum absolute atomic E-state index is 15.7. The number of anilines is 1. The zero-order valence-corrected chi connectivity index (χ0v) is 22.9. The molecule has 2 amide bonds. The summed E-state index contributed by atoms with van der Waals surface area (Å²) >= 11 is 0. The van der Waals surface area contributed by atoms with Crippen molar-refractivity contribution in [3.63, 3.8) is 0 Å². The summed E-state index contributed by atoms with van der Waals surface area (Å²) < 4.78 is 23.6. The molecule has 0 aliphatic carbocycles. The molecule has 2 aliphatic rings. The molecule has 2 saturated heterocycles. The first kappa shape index (κ1) is 26.4. The summed E-state index contributed by atoms with van der Waals surface area (Å²) in [6.07, 6.45) is 5.52. The van der Waals surface area contributed by atoms with Crippen LogP contribution in [0.4, 0.5) is 14.9 Å². The molecule has 204 valence electrons. The van der Waals surface area contributed by atoms with Crippen LogP contribution in [0.15, 0.2) is 42.7 Å². The van der Waals surface area contributed by atoms with Crippen LogP contribution in [0.3, 0.4) is 0 Å². The maximum Gasteiger partial charge on any atom is 0.317 e. The molecule has 0 unspecified atom stereocenters. The lowest BCUT2D eigenvalue weighted by atomic mass is 9.84. The third kappa shape index (κ3) is 4.97. The first-order valence-corrected chi connectivity index (χ1v) is 13.7. The summed E-state index contributed by atoms with van der Waals surface area (Å²) in [4.78, 5) is 18.7. The molecule has 2 fully saturated rings. The largest absolute Gasteiger partial charge is 0.372 e. The van der Waals surface area contributed by atoms with E-state index in [1.807, 2.05) is 40.7 Å². The average Bonchev–Trinajstić information content (AvgIpc) is 3.38. The van der Waals surface area contributed by atoms with Gasteiger partial charge in [-0.05, 0) is 63.9 Å². The number of urea groups is 1. The molecule has 9 heteroatoms. The van der Waals surface area contributed by atoms with Gasteiger partial charge in [0.15, 0.2) is 0 Å². The van der Waals surface area contributed by atoms with Gasteiger partial charge < -0.3 is 19.9 Å². The quantitative estimate of drug-likeness (QED) is 0.522. The summed E-state index contributed by atoms with van der Waals surface area (Å²) in [5.41, 5.74) is 3.74. The van der Waals surface area contributed by atoms with E-state index in [4.69, 9.17) is 4.74 Å². The van der Waals surface area contributed by atoms with Gasteiger partial charge in [-0.3, -0.25) is 4.90 Å². The van der Waals surface area contributed by atoms with Gasteiger partial charge in [0.05, 0.1) is 11.2 Å². The Kier molecular flexibility index (Phi) is 7.59. The van der Waals surface area contributed by atoms with Gasteiger partial charge >= 0.3 is 6.03 Å². The van der Waals surface area contributed by atoms with Crippen molar-refractivity contribution in [2.75, 3.05) is 57.8 Å². The van der Waals surface area contributed by atoms with E-state index in [9.17, 15) is 4.79 Å². The summed E-state index contributed by atoms with van der Waals surface area (Å²) in [6.45, 7) is 11.4. The van der Waals surface area contributed by atoms with E-state index in [1.165, 1.54) is 0 Å². The highest BCUT2D eigenvalue weighted by Crippen LogP contribution is 2.38. The lowest BCUT2D eigenvalue weighted by Crippen LogP contribution is -2.51. The first-order valence-electron chi connectivity index (χ1n) is 13.7. The third-order valence-electron chi connectivity index (χ3n) is 8.12. The molecule has 1 aromatic carbocycles. The number of rotatable bonds is 6. The molecule has 5 rings (SSSR count). The molecular formula is C29H39FN6O2. The molecule has 8 nitrogen and oxygen atoms in total. The topological polar surface area (TPSA) is 65.4 Å². The lowest BCUT2D eigenvalue weighted by Gasteiger charge is -2.44. The lowest BCUT2D eigenvalue weighted by molar-refractivity contribution is -0.0787. The number of carbonyl (C=O) groups is 1. The minimum Gasteiger partial charge on any atom is -0.372 e. The van der Waals surface area contributed by atoms with Crippen molar-refractivity contribution in [2.45, 2.75) is 45.3 Å². The van der Waals surface area contributed by atoms with E-state index in [2.05, 4.69) is 40.1 Å². The number of piperidine rings is 1. The van der Waals surface area contributed by atoms with Crippen molar-refractivity contribution < 1.29 is 13.9 Å². The van der Waals surface area contributed by atoms with Crippen molar-refractivity contribution in [3.8, 4) is 11.1 Å². The van der Waals surface area contributed by atoms with Gasteiger partial charge in [-0.1, -0.05) is 12.1 Å². The average molecular weight is 523 g/mol. The fourth-order valence-corrected chi connectivity index (χ4v) is 5.89. The van der Waals surface area contributed by atoms with E-state index in [0.29, 0.717) is 37.8 Å². The Morgan fingerprint density at radius 1 is 1.13 bits per heavy atom. The predicted molar refractivity (Wildman–Crippen MR) is 148 cm³/mol. The fraction of sp³-hybridized carbons (Fsp3) is 0.517. The highest BCUT2D eigenvalue weighted by atomic mass is 19.1. The number of amides is 2. The zero-order chi connectivity index (χ0) is 26.9. The Labute approximate surface area is 224 Å². The highest BCUT2D eigenvalue weighted by molar-refractivity contribution is 5.80. The monoisotopic (exact) mass is 522 g/mol. The van der Waals surface area contributed by atoms with Crippen LogP contribution in [0.25, 0.3) is 16.6 Å². The second kappa shape index (κ2) is 10.9. The van der Waals surface area contributed by atoms with Gasteiger partial charge in [-0.2, -0.15) is 5.10 Å². The van der Waals surface area contributed by atoms with Crippen molar-refractivity contribution in [1.82, 2.24) is 24.7 Å². The Hall–Kier alpha value is -3.17. The van der Waals surface area contributed by atoms with E-state index in [0.717, 1.165) is 54.8 Å². The second-order valence-corrected chi connectivity index (χ2v) is 10.6. The van der Waals surface area contributed by atoms with Crippen LogP contribution in [-0.4, -0.2) is 84.4 Å². The van der Waals surface area contributed by atoms with Gasteiger partial charge in [0.1, 0.15) is 11.4 Å². The second-order valence-electron chi connectivity index (χ2n) is 10.6. The van der Waals surface area contributed by atoms with E-state index >= 15 is 4.39 Å². The Bertz CT molecular complexity index is 1290. The fourth-order valence-electron chi connectivity index (χ4n) is 5.89. The van der Waals surface area contributed by atoms with Crippen LogP contribution < -0.4 is 10.2 Å². The predicted octanol–water partition coefficient (Wildman–Crippen LogP) is 4.34. The molecule has 0 radical (unpaired) electrons. The van der Waals surface area contributed by atoms with Crippen LogP contribution in [0.2, 0.25) is 0 Å². The van der Waals surface area contributed by atoms with Crippen molar-refractivity contribution in [3.05, 3.63) is 54.1 Å². The minimum absolute atomic E-state index is 0.0112. The number of ether oxygens (including phenoxy) is 1. The van der Waals surface area contributed by atoms with Gasteiger partial charge in [-0.15, -0.1) is 0 Å². The molecule has 38 heavy (non-hydrogen) atoms. The Morgan fingerprint density at radius 3 is 2.61 bits per heavy atom. The normalized spacial score (nSPS) is 20.9. The number of hydrogen-bond donors (Lipinski definition) is 1. The Morgan fingerprint density at radius 2 is 1.92 bits per heavy atom. The van der Waals surface area contributed by atoms with Crippen LogP contribution >= 0.6 is 0 Å². The molecule has 1 atom stereocenters. The summed E-state index contributed by atoms with van der Waals surface area (Å²) in [7, 11) is 1.70. The number of hydrogen-bond acceptors (Lipinski definition) is 5. The molecule has 2 aromatic heterocycles. The van der Waals surface area contributed by atoms with Gasteiger partial charge in [0.2, 0.25) is 0 Å². The van der Waals surface area contributed by atoms with Crippen LogP contribution in [-0.2, 0) is 10.3 Å². The smallest absolute Gasteiger partial charge is 0.317 e. The van der Waals surface area contributed by atoms with Crippen LogP contribution in [0, 0.1) is 5.82 Å². The number of likely N-dealkylation sites (tertiary alicyclic amines) is 1. The maximum atomic E-state index is 15.7. The molecule has 3 aromatic rings. The SMILES string of the molecule is CCNC(=O)N1CCN(c2ccnn3cc(-c4ccc([C@]5(OC)CCCN(C(C)C)C5)c(F)c4)cc23)CC1. The number of halogens is 1. The number of fused-ring (bicyclic) bond motifs is 1. The van der Waals surface area contributed by atoms with Gasteiger partial charge in [0.25, 0.3) is 0 Å². The van der Waals surface area contributed by atoms with Crippen molar-refractivity contribution in [1.29, 1.82) is 0 Å². The van der Waals surface area contributed by atoms with Crippen LogP contribution in [0.1, 0.15) is 39.2 Å². The van der Waals surface area contributed by atoms with Gasteiger partial charge in [-0.25, -0.2) is 13.7 Å². The number of methoxy groups -OCH3 is 1. The molecule has 0 spiro atoms. The first-order chi connectivity index (χ1) is 18.3. The third-order valence-corrected chi connectivity index (χ3v) is 8.12. The highest BCUT2D eigenvalue weighted by Gasteiger charge is 2.40. The van der Waals surface area contributed by atoms with Crippen molar-refractivity contribution in [2.24, 2.45) is 0 Å². The molecule has 0 bridgehead atoms. The zero-order valence-electron chi connectivity index (χ0n) is 22.9. The number of aromatic nitrogens is 2. The van der Waals surface area contributed by atoms with E-state index in [-0.39, 0.29) is 11.8 Å². The summed E-state index contributed by atoms with van der Waals surface area (Å²) in [5.74, 6) is -0.236. The summed E-state index contributed by atoms with van der Waals surface area (Å²) in [6, 6.07) is 9.98. The molecule has 0 saturated carbocycles. The van der Waals surface area contributed by atoms with Crippen molar-refractivity contribution >= 4 is 17.2 Å². The van der Waals surface area contributed by atoms with E-state index < -0.39 is 5.60 Å².